The molecular formula is C20H23ClN2O3. The standard InChI is InChI=1S/C20H23ClN2O3/c1-14(2)26-16-9-7-15(8-10-16)11-12-22-19(24)13-23-20(25)17-5-3-4-6-18(17)21/h3-10,14H,11-13H2,1-2H3,(H,22,24)(H,23,25). The van der Waals surface area contributed by atoms with Crippen molar-refractivity contribution in [3.05, 3.63) is 64.7 Å². The monoisotopic (exact) mass is 374 g/mol. The smallest absolute Gasteiger partial charge is 0.253 e. The molecule has 2 aromatic rings. The van der Waals surface area contributed by atoms with Crippen LogP contribution in [0.3, 0.4) is 0 Å². The van der Waals surface area contributed by atoms with Crippen LogP contribution in [0, 0.1) is 0 Å². The minimum atomic E-state index is -0.369. The summed E-state index contributed by atoms with van der Waals surface area (Å²) in [7, 11) is 0. The first-order chi connectivity index (χ1) is 12.5. The molecule has 138 valence electrons. The molecule has 0 aliphatic heterocycles. The fraction of sp³-hybridized carbons (Fsp3) is 0.300. The van der Waals surface area contributed by atoms with Gasteiger partial charge in [-0.2, -0.15) is 0 Å². The van der Waals surface area contributed by atoms with Gasteiger partial charge in [-0.05, 0) is 50.1 Å². The molecule has 0 saturated heterocycles. The lowest BCUT2D eigenvalue weighted by Crippen LogP contribution is -2.37. The number of carbonyl (C=O) groups is 2. The van der Waals surface area contributed by atoms with E-state index in [1.54, 1.807) is 24.3 Å². The average Bonchev–Trinajstić information content (AvgIpc) is 2.61. The number of benzene rings is 2. The molecule has 0 unspecified atom stereocenters. The molecule has 0 saturated carbocycles. The molecule has 0 heterocycles. The number of hydrogen-bond donors (Lipinski definition) is 2. The van der Waals surface area contributed by atoms with Crippen molar-refractivity contribution in [2.45, 2.75) is 26.4 Å². The Hall–Kier alpha value is -2.53. The normalized spacial score (nSPS) is 10.5. The van der Waals surface area contributed by atoms with Crippen LogP contribution < -0.4 is 15.4 Å². The highest BCUT2D eigenvalue weighted by Gasteiger charge is 2.10. The maximum Gasteiger partial charge on any atom is 0.253 e. The van der Waals surface area contributed by atoms with Crippen LogP contribution >= 0.6 is 11.6 Å². The third kappa shape index (κ3) is 6.41. The van der Waals surface area contributed by atoms with Crippen LogP contribution in [0.2, 0.25) is 5.02 Å². The second-order valence-corrected chi connectivity index (χ2v) is 6.48. The van der Waals surface area contributed by atoms with Gasteiger partial charge in [0.1, 0.15) is 5.75 Å². The van der Waals surface area contributed by atoms with E-state index >= 15 is 0 Å². The lowest BCUT2D eigenvalue weighted by Gasteiger charge is -2.10. The fourth-order valence-electron chi connectivity index (χ4n) is 2.32. The van der Waals surface area contributed by atoms with Crippen LogP contribution in [0.1, 0.15) is 29.8 Å². The molecule has 0 radical (unpaired) electrons. The minimum absolute atomic E-state index is 0.0920. The summed E-state index contributed by atoms with van der Waals surface area (Å²) in [6.07, 6.45) is 0.840. The first-order valence-electron chi connectivity index (χ1n) is 8.50. The van der Waals surface area contributed by atoms with Crippen molar-refractivity contribution in [3.8, 4) is 5.75 Å². The van der Waals surface area contributed by atoms with Gasteiger partial charge >= 0.3 is 0 Å². The van der Waals surface area contributed by atoms with Crippen molar-refractivity contribution in [1.29, 1.82) is 0 Å². The average molecular weight is 375 g/mol. The third-order valence-corrected chi connectivity index (χ3v) is 3.89. The van der Waals surface area contributed by atoms with Crippen LogP contribution in [-0.4, -0.2) is 31.0 Å². The number of ether oxygens (including phenoxy) is 1. The number of hydrogen-bond acceptors (Lipinski definition) is 3. The van der Waals surface area contributed by atoms with E-state index in [0.717, 1.165) is 11.3 Å². The van der Waals surface area contributed by atoms with Crippen LogP contribution in [0.15, 0.2) is 48.5 Å². The van der Waals surface area contributed by atoms with Gasteiger partial charge in [0.25, 0.3) is 5.91 Å². The molecule has 0 fully saturated rings. The van der Waals surface area contributed by atoms with Gasteiger partial charge < -0.3 is 15.4 Å². The molecule has 0 bridgehead atoms. The molecule has 0 atom stereocenters. The summed E-state index contributed by atoms with van der Waals surface area (Å²) in [5, 5.41) is 5.70. The zero-order chi connectivity index (χ0) is 18.9. The summed E-state index contributed by atoms with van der Waals surface area (Å²) in [5.41, 5.74) is 1.45. The molecule has 2 rings (SSSR count). The summed E-state index contributed by atoms with van der Waals surface area (Å²) in [5.74, 6) is 0.215. The Morgan fingerprint density at radius 1 is 1.04 bits per heavy atom. The molecular weight excluding hydrogens is 352 g/mol. The number of rotatable bonds is 8. The molecule has 2 amide bonds. The van der Waals surface area contributed by atoms with E-state index in [4.69, 9.17) is 16.3 Å². The van der Waals surface area contributed by atoms with Gasteiger partial charge in [0, 0.05) is 6.54 Å². The molecule has 5 nitrogen and oxygen atoms in total. The van der Waals surface area contributed by atoms with E-state index in [2.05, 4.69) is 10.6 Å². The van der Waals surface area contributed by atoms with E-state index < -0.39 is 0 Å². The van der Waals surface area contributed by atoms with Crippen LogP contribution in [0.5, 0.6) is 5.75 Å². The summed E-state index contributed by atoms with van der Waals surface area (Å²) in [4.78, 5) is 23.8. The number of halogens is 1. The van der Waals surface area contributed by atoms with Gasteiger partial charge in [-0.15, -0.1) is 0 Å². The Bertz CT molecular complexity index is 745. The van der Waals surface area contributed by atoms with E-state index in [9.17, 15) is 9.59 Å². The van der Waals surface area contributed by atoms with Gasteiger partial charge in [-0.25, -0.2) is 0 Å². The highest BCUT2D eigenvalue weighted by Crippen LogP contribution is 2.15. The number of nitrogens with one attached hydrogen (secondary N) is 2. The molecule has 0 aromatic heterocycles. The fourth-order valence-corrected chi connectivity index (χ4v) is 2.54. The topological polar surface area (TPSA) is 67.4 Å². The van der Waals surface area contributed by atoms with Gasteiger partial charge in [-0.1, -0.05) is 35.9 Å². The highest BCUT2D eigenvalue weighted by atomic mass is 35.5. The second-order valence-electron chi connectivity index (χ2n) is 6.07. The Kier molecular flexibility index (Phi) is 7.48. The number of amides is 2. The second kappa shape index (κ2) is 9.82. The predicted octanol–water partition coefficient (Wildman–Crippen LogP) is 3.22. The molecule has 6 heteroatoms. The van der Waals surface area contributed by atoms with Crippen molar-refractivity contribution in [2.75, 3.05) is 13.1 Å². The zero-order valence-corrected chi connectivity index (χ0v) is 15.7. The summed E-state index contributed by atoms with van der Waals surface area (Å²) in [6.45, 7) is 4.36. The van der Waals surface area contributed by atoms with E-state index in [1.165, 1.54) is 0 Å². The highest BCUT2D eigenvalue weighted by molar-refractivity contribution is 6.33. The molecule has 0 spiro atoms. The summed E-state index contributed by atoms with van der Waals surface area (Å²) >= 11 is 5.95. The van der Waals surface area contributed by atoms with E-state index in [-0.39, 0.29) is 24.5 Å². The van der Waals surface area contributed by atoms with Crippen molar-refractivity contribution in [3.63, 3.8) is 0 Å². The van der Waals surface area contributed by atoms with Gasteiger partial charge in [0.2, 0.25) is 5.91 Å². The molecule has 26 heavy (non-hydrogen) atoms. The lowest BCUT2D eigenvalue weighted by atomic mass is 10.1. The first-order valence-corrected chi connectivity index (χ1v) is 8.88. The lowest BCUT2D eigenvalue weighted by molar-refractivity contribution is -0.120. The molecule has 0 aliphatic rings. The van der Waals surface area contributed by atoms with Crippen LogP contribution in [0.25, 0.3) is 0 Å². The summed E-state index contributed by atoms with van der Waals surface area (Å²) < 4.78 is 5.59. The maximum absolute atomic E-state index is 12.0. The van der Waals surface area contributed by atoms with Crippen LogP contribution in [0.4, 0.5) is 0 Å². The van der Waals surface area contributed by atoms with Crippen molar-refractivity contribution in [1.82, 2.24) is 10.6 Å². The SMILES string of the molecule is CC(C)Oc1ccc(CCNC(=O)CNC(=O)c2ccccc2Cl)cc1. The number of carbonyl (C=O) groups excluding carboxylic acids is 2. The Morgan fingerprint density at radius 3 is 2.38 bits per heavy atom. The van der Waals surface area contributed by atoms with Crippen molar-refractivity contribution < 1.29 is 14.3 Å². The maximum atomic E-state index is 12.0. The summed E-state index contributed by atoms with van der Waals surface area (Å²) in [6, 6.07) is 14.5. The Balaban J connectivity index is 1.70. The Morgan fingerprint density at radius 2 is 1.73 bits per heavy atom. The minimum Gasteiger partial charge on any atom is -0.491 e. The molecule has 2 aromatic carbocycles. The Labute approximate surface area is 158 Å². The van der Waals surface area contributed by atoms with E-state index in [0.29, 0.717) is 23.6 Å². The third-order valence-electron chi connectivity index (χ3n) is 3.56. The largest absolute Gasteiger partial charge is 0.491 e. The van der Waals surface area contributed by atoms with Crippen molar-refractivity contribution >= 4 is 23.4 Å². The van der Waals surface area contributed by atoms with E-state index in [1.807, 2.05) is 38.1 Å². The molecule has 0 aliphatic carbocycles. The van der Waals surface area contributed by atoms with Gasteiger partial charge in [0.15, 0.2) is 0 Å². The van der Waals surface area contributed by atoms with Crippen LogP contribution in [-0.2, 0) is 11.2 Å². The molecule has 2 N–H and O–H groups in total. The predicted molar refractivity (Wildman–Crippen MR) is 103 cm³/mol. The quantitative estimate of drug-likeness (QED) is 0.745. The van der Waals surface area contributed by atoms with Gasteiger partial charge in [-0.3, -0.25) is 9.59 Å². The zero-order valence-electron chi connectivity index (χ0n) is 14.9. The first kappa shape index (κ1) is 19.8. The van der Waals surface area contributed by atoms with Crippen molar-refractivity contribution in [2.24, 2.45) is 0 Å². The van der Waals surface area contributed by atoms with Gasteiger partial charge in [0.05, 0.1) is 23.2 Å².